The van der Waals surface area contributed by atoms with Gasteiger partial charge in [0.2, 0.25) is 0 Å². The molecule has 0 saturated carbocycles. The van der Waals surface area contributed by atoms with E-state index in [4.69, 9.17) is 16.7 Å². The summed E-state index contributed by atoms with van der Waals surface area (Å²) < 4.78 is 1.71. The molecule has 3 aromatic rings. The summed E-state index contributed by atoms with van der Waals surface area (Å²) >= 11 is 5.80. The van der Waals surface area contributed by atoms with Gasteiger partial charge in [-0.1, -0.05) is 11.6 Å². The van der Waals surface area contributed by atoms with E-state index < -0.39 is 5.97 Å². The second-order valence-electron chi connectivity index (χ2n) is 4.87. The molecule has 24 heavy (non-hydrogen) atoms. The fraction of sp³-hybridized carbons (Fsp3) is 0. The molecule has 0 spiro atoms. The molecule has 0 aliphatic carbocycles. The topological polar surface area (TPSA) is 97.1 Å². The van der Waals surface area contributed by atoms with Gasteiger partial charge in [-0.25, -0.2) is 4.79 Å². The molecule has 1 heterocycles. The number of hydrogen-bond donors (Lipinski definition) is 2. The lowest BCUT2D eigenvalue weighted by Crippen LogP contribution is -2.12. The Kier molecular flexibility index (Phi) is 4.26. The fourth-order valence-corrected chi connectivity index (χ4v) is 2.29. The highest BCUT2D eigenvalue weighted by molar-refractivity contribution is 6.33. The molecule has 0 fully saturated rings. The molecule has 0 aliphatic rings. The third-order valence-corrected chi connectivity index (χ3v) is 3.63. The van der Waals surface area contributed by atoms with Crippen molar-refractivity contribution in [1.29, 1.82) is 0 Å². The maximum absolute atomic E-state index is 12.3. The quantitative estimate of drug-likeness (QED) is 0.759. The first-order valence-corrected chi connectivity index (χ1v) is 7.21. The molecule has 3 rings (SSSR count). The van der Waals surface area contributed by atoms with Crippen molar-refractivity contribution in [3.63, 3.8) is 0 Å². The van der Waals surface area contributed by atoms with Crippen LogP contribution in [0.3, 0.4) is 0 Å². The molecule has 2 aromatic carbocycles. The summed E-state index contributed by atoms with van der Waals surface area (Å²) in [6.45, 7) is 0. The highest BCUT2D eigenvalue weighted by Gasteiger charge is 2.12. The number of nitrogens with one attached hydrogen (secondary N) is 1. The minimum Gasteiger partial charge on any atom is -0.478 e. The largest absolute Gasteiger partial charge is 0.478 e. The molecular formula is C16H11ClN4O3. The summed E-state index contributed by atoms with van der Waals surface area (Å²) in [5.41, 5.74) is 1.52. The molecule has 0 saturated heterocycles. The number of carboxylic acids is 1. The maximum atomic E-state index is 12.3. The van der Waals surface area contributed by atoms with E-state index in [1.807, 2.05) is 0 Å². The van der Waals surface area contributed by atoms with Crippen molar-refractivity contribution in [3.05, 3.63) is 71.3 Å². The van der Waals surface area contributed by atoms with Crippen molar-refractivity contribution in [2.45, 2.75) is 0 Å². The Labute approximate surface area is 141 Å². The number of carboxylic acid groups (broad SMARTS) is 1. The first kappa shape index (κ1) is 15.7. The van der Waals surface area contributed by atoms with E-state index in [2.05, 4.69) is 15.5 Å². The Morgan fingerprint density at radius 2 is 1.71 bits per heavy atom. The molecule has 0 radical (unpaired) electrons. The van der Waals surface area contributed by atoms with Crippen LogP contribution >= 0.6 is 11.6 Å². The third-order valence-electron chi connectivity index (χ3n) is 3.30. The lowest BCUT2D eigenvalue weighted by molar-refractivity contribution is 0.0696. The van der Waals surface area contributed by atoms with Crippen LogP contribution in [0.2, 0.25) is 5.02 Å². The second kappa shape index (κ2) is 6.51. The standard InChI is InChI=1S/C16H11ClN4O3/c17-14-6-3-11(7-13(14)16(23)24)20-15(22)10-1-4-12(5-2-10)21-8-18-19-9-21/h1-9H,(H,20,22)(H,23,24). The summed E-state index contributed by atoms with van der Waals surface area (Å²) in [5, 5.41) is 19.2. The van der Waals surface area contributed by atoms with E-state index >= 15 is 0 Å². The summed E-state index contributed by atoms with van der Waals surface area (Å²) in [6.07, 6.45) is 3.10. The van der Waals surface area contributed by atoms with Crippen LogP contribution in [0.4, 0.5) is 5.69 Å². The van der Waals surface area contributed by atoms with E-state index in [0.717, 1.165) is 5.69 Å². The number of halogens is 1. The number of carbonyl (C=O) groups excluding carboxylic acids is 1. The predicted octanol–water partition coefficient (Wildman–Crippen LogP) is 2.87. The van der Waals surface area contributed by atoms with Gasteiger partial charge in [0.1, 0.15) is 12.7 Å². The highest BCUT2D eigenvalue weighted by Crippen LogP contribution is 2.21. The van der Waals surface area contributed by atoms with Crippen LogP contribution < -0.4 is 5.32 Å². The Balaban J connectivity index is 1.78. The molecule has 0 aliphatic heterocycles. The third kappa shape index (κ3) is 3.26. The molecule has 120 valence electrons. The van der Waals surface area contributed by atoms with Crippen molar-refractivity contribution in [1.82, 2.24) is 14.8 Å². The number of amides is 1. The van der Waals surface area contributed by atoms with Crippen molar-refractivity contribution in [2.24, 2.45) is 0 Å². The van der Waals surface area contributed by atoms with Crippen LogP contribution in [-0.2, 0) is 0 Å². The van der Waals surface area contributed by atoms with Crippen LogP contribution in [0.25, 0.3) is 5.69 Å². The zero-order valence-electron chi connectivity index (χ0n) is 12.2. The van der Waals surface area contributed by atoms with Gasteiger partial charge in [0.15, 0.2) is 0 Å². The van der Waals surface area contributed by atoms with Crippen molar-refractivity contribution in [2.75, 3.05) is 5.32 Å². The van der Waals surface area contributed by atoms with Crippen LogP contribution in [0, 0.1) is 0 Å². The number of aromatic carboxylic acids is 1. The molecule has 0 atom stereocenters. The van der Waals surface area contributed by atoms with Gasteiger partial charge in [0.25, 0.3) is 5.91 Å². The van der Waals surface area contributed by atoms with Gasteiger partial charge in [0, 0.05) is 16.9 Å². The Morgan fingerprint density at radius 1 is 1.04 bits per heavy atom. The Hall–Kier alpha value is -3.19. The number of nitrogens with zero attached hydrogens (tertiary/aromatic N) is 3. The summed E-state index contributed by atoms with van der Waals surface area (Å²) in [4.78, 5) is 23.3. The summed E-state index contributed by atoms with van der Waals surface area (Å²) in [7, 11) is 0. The molecule has 7 nitrogen and oxygen atoms in total. The molecule has 1 amide bonds. The van der Waals surface area contributed by atoms with Crippen molar-refractivity contribution in [3.8, 4) is 5.69 Å². The molecule has 1 aromatic heterocycles. The predicted molar refractivity (Wildman–Crippen MR) is 87.7 cm³/mol. The van der Waals surface area contributed by atoms with E-state index in [-0.39, 0.29) is 16.5 Å². The molecule has 0 bridgehead atoms. The minimum absolute atomic E-state index is 0.0718. The van der Waals surface area contributed by atoms with Gasteiger partial charge in [-0.2, -0.15) is 0 Å². The normalized spacial score (nSPS) is 10.4. The monoisotopic (exact) mass is 342 g/mol. The van der Waals surface area contributed by atoms with Crippen molar-refractivity contribution >= 4 is 29.2 Å². The smallest absolute Gasteiger partial charge is 0.337 e. The van der Waals surface area contributed by atoms with Crippen LogP contribution in [-0.4, -0.2) is 31.7 Å². The SMILES string of the molecule is O=C(Nc1ccc(Cl)c(C(=O)O)c1)c1ccc(-n2cnnc2)cc1. The number of aromatic nitrogens is 3. The summed E-state index contributed by atoms with van der Waals surface area (Å²) in [6, 6.07) is 11.1. The van der Waals surface area contributed by atoms with Crippen LogP contribution in [0.5, 0.6) is 0 Å². The van der Waals surface area contributed by atoms with Gasteiger partial charge in [-0.05, 0) is 42.5 Å². The lowest BCUT2D eigenvalue weighted by atomic mass is 10.1. The number of rotatable bonds is 4. The number of anilines is 1. The number of hydrogen-bond acceptors (Lipinski definition) is 4. The molecular weight excluding hydrogens is 332 g/mol. The van der Waals surface area contributed by atoms with E-state index in [1.54, 1.807) is 41.5 Å². The maximum Gasteiger partial charge on any atom is 0.337 e. The first-order valence-electron chi connectivity index (χ1n) is 6.84. The van der Waals surface area contributed by atoms with Crippen LogP contribution in [0.1, 0.15) is 20.7 Å². The first-order chi connectivity index (χ1) is 11.5. The fourth-order valence-electron chi connectivity index (χ4n) is 2.09. The van der Waals surface area contributed by atoms with Gasteiger partial charge in [-0.15, -0.1) is 10.2 Å². The van der Waals surface area contributed by atoms with Gasteiger partial charge >= 0.3 is 5.97 Å². The zero-order valence-corrected chi connectivity index (χ0v) is 12.9. The zero-order chi connectivity index (χ0) is 17.1. The minimum atomic E-state index is -1.16. The molecule has 8 heteroatoms. The van der Waals surface area contributed by atoms with E-state index in [0.29, 0.717) is 11.3 Å². The van der Waals surface area contributed by atoms with Gasteiger partial charge in [0.05, 0.1) is 10.6 Å². The average molecular weight is 343 g/mol. The van der Waals surface area contributed by atoms with Gasteiger partial charge < -0.3 is 10.4 Å². The van der Waals surface area contributed by atoms with E-state index in [9.17, 15) is 9.59 Å². The Bertz CT molecular complexity index is 892. The van der Waals surface area contributed by atoms with Gasteiger partial charge in [-0.3, -0.25) is 9.36 Å². The number of carbonyl (C=O) groups is 2. The highest BCUT2D eigenvalue weighted by atomic mass is 35.5. The van der Waals surface area contributed by atoms with E-state index in [1.165, 1.54) is 18.2 Å². The second-order valence-corrected chi connectivity index (χ2v) is 5.28. The number of benzene rings is 2. The molecule has 0 unspecified atom stereocenters. The summed E-state index contributed by atoms with van der Waals surface area (Å²) in [5.74, 6) is -1.52. The lowest BCUT2D eigenvalue weighted by Gasteiger charge is -2.08. The average Bonchev–Trinajstić information content (AvgIpc) is 3.11. The van der Waals surface area contributed by atoms with Crippen molar-refractivity contribution < 1.29 is 14.7 Å². The molecule has 2 N–H and O–H groups in total. The van der Waals surface area contributed by atoms with Crippen LogP contribution in [0.15, 0.2) is 55.1 Å². The Morgan fingerprint density at radius 3 is 2.33 bits per heavy atom.